The van der Waals surface area contributed by atoms with Crippen LogP contribution in [0.4, 0.5) is 24.8 Å². The highest BCUT2D eigenvalue weighted by Crippen LogP contribution is 2.30. The van der Waals surface area contributed by atoms with Crippen LogP contribution in [0, 0.1) is 11.6 Å². The molecule has 15 heteroatoms. The van der Waals surface area contributed by atoms with E-state index in [0.29, 0.717) is 6.54 Å². The van der Waals surface area contributed by atoms with Gasteiger partial charge in [0.2, 0.25) is 5.95 Å². The van der Waals surface area contributed by atoms with Crippen molar-refractivity contribution >= 4 is 44.4 Å². The molecule has 0 bridgehead atoms. The van der Waals surface area contributed by atoms with Gasteiger partial charge in [0.1, 0.15) is 28.0 Å². The molecule has 3 heterocycles. The Balaban J connectivity index is 1.53. The van der Waals surface area contributed by atoms with Gasteiger partial charge in [-0.2, -0.15) is 4.98 Å². The third kappa shape index (κ3) is 5.85. The van der Waals surface area contributed by atoms with Gasteiger partial charge in [-0.05, 0) is 38.1 Å². The lowest BCUT2D eigenvalue weighted by Crippen LogP contribution is -2.44. The summed E-state index contributed by atoms with van der Waals surface area (Å²) in [5.41, 5.74) is -1.77. The van der Waals surface area contributed by atoms with Gasteiger partial charge in [0.15, 0.2) is 17.3 Å². The van der Waals surface area contributed by atoms with Crippen molar-refractivity contribution in [2.75, 3.05) is 23.1 Å². The first-order chi connectivity index (χ1) is 19.4. The molecule has 0 unspecified atom stereocenters. The van der Waals surface area contributed by atoms with Crippen LogP contribution in [0.15, 0.2) is 52.3 Å². The topological polar surface area (TPSA) is 131 Å². The van der Waals surface area contributed by atoms with Gasteiger partial charge in [0.05, 0.1) is 11.2 Å². The van der Waals surface area contributed by atoms with Crippen LogP contribution in [0.2, 0.25) is 5.02 Å². The molecule has 1 saturated heterocycles. The first-order valence-electron chi connectivity index (χ1n) is 12.6. The molecular weight excluding hydrogens is 583 g/mol. The summed E-state index contributed by atoms with van der Waals surface area (Å²) in [6.07, 6.45) is 0.608. The highest BCUT2D eigenvalue weighted by molar-refractivity contribution is 7.92. The standard InChI is InChI=1S/C26H25ClF3N7O3S/c1-13(2)37-24-20(12-32-26(35-24)33-16-9-15(28)10-31-11-16)34-22(25(37)38)14-7-18(29)23(19(30)8-14)36-41(39,40)21-6-4-3-5-17(21)27/h3-8,12-13,15-16,31,36H,9-11H2,1-2H3,(H,32,33,35)/t15-,16-/m0/s1. The molecular formula is C26H25ClF3N7O3S. The van der Waals surface area contributed by atoms with Crippen LogP contribution in [-0.2, 0) is 10.0 Å². The Morgan fingerprint density at radius 3 is 2.49 bits per heavy atom. The number of sulfonamides is 1. The number of aromatic nitrogens is 4. The smallest absolute Gasteiger partial charge is 0.278 e. The molecule has 0 radical (unpaired) electrons. The average molecular weight is 608 g/mol. The Morgan fingerprint density at radius 1 is 1.12 bits per heavy atom. The van der Waals surface area contributed by atoms with Crippen molar-refractivity contribution in [1.82, 2.24) is 24.8 Å². The van der Waals surface area contributed by atoms with Gasteiger partial charge in [0, 0.05) is 37.2 Å². The van der Waals surface area contributed by atoms with Crippen molar-refractivity contribution in [3.63, 3.8) is 0 Å². The van der Waals surface area contributed by atoms with Crippen LogP contribution in [0.25, 0.3) is 22.4 Å². The third-order valence-electron chi connectivity index (χ3n) is 6.46. The highest BCUT2D eigenvalue weighted by Gasteiger charge is 2.25. The van der Waals surface area contributed by atoms with Gasteiger partial charge in [-0.1, -0.05) is 23.7 Å². The number of hydrogen-bond acceptors (Lipinski definition) is 8. The maximum Gasteiger partial charge on any atom is 0.278 e. The molecule has 0 amide bonds. The van der Waals surface area contributed by atoms with E-state index in [9.17, 15) is 17.6 Å². The number of anilines is 2. The predicted molar refractivity (Wildman–Crippen MR) is 149 cm³/mol. The first-order valence-corrected chi connectivity index (χ1v) is 14.5. The molecule has 1 aliphatic rings. The number of halogens is 4. The van der Waals surface area contributed by atoms with Crippen molar-refractivity contribution in [1.29, 1.82) is 0 Å². The van der Waals surface area contributed by atoms with Crippen molar-refractivity contribution in [3.8, 4) is 11.3 Å². The van der Waals surface area contributed by atoms with Gasteiger partial charge in [-0.3, -0.25) is 14.1 Å². The Bertz CT molecular complexity index is 1780. The van der Waals surface area contributed by atoms with Gasteiger partial charge in [-0.25, -0.2) is 31.6 Å². The number of rotatable bonds is 7. The van der Waals surface area contributed by atoms with Crippen LogP contribution < -0.4 is 20.9 Å². The number of hydrogen-bond donors (Lipinski definition) is 3. The summed E-state index contributed by atoms with van der Waals surface area (Å²) in [6.45, 7) is 4.24. The predicted octanol–water partition coefficient (Wildman–Crippen LogP) is 4.28. The lowest BCUT2D eigenvalue weighted by molar-refractivity contribution is 0.254. The van der Waals surface area contributed by atoms with E-state index < -0.39 is 45.1 Å². The molecule has 41 heavy (non-hydrogen) atoms. The summed E-state index contributed by atoms with van der Waals surface area (Å²) in [5.74, 6) is -2.36. The zero-order valence-corrected chi connectivity index (χ0v) is 23.4. The number of alkyl halides is 1. The summed E-state index contributed by atoms with van der Waals surface area (Å²) in [7, 11) is -4.43. The molecule has 0 saturated carbocycles. The van der Waals surface area contributed by atoms with E-state index in [2.05, 4.69) is 25.6 Å². The summed E-state index contributed by atoms with van der Waals surface area (Å²) in [5, 5.41) is 5.91. The van der Waals surface area contributed by atoms with Gasteiger partial charge in [-0.15, -0.1) is 0 Å². The number of fused-ring (bicyclic) bond motifs is 1. The lowest BCUT2D eigenvalue weighted by atomic mass is 10.1. The second kappa shape index (κ2) is 11.3. The molecule has 0 aliphatic carbocycles. The van der Waals surface area contributed by atoms with Crippen LogP contribution in [0.1, 0.15) is 26.3 Å². The minimum atomic E-state index is -4.43. The molecule has 3 N–H and O–H groups in total. The fourth-order valence-electron chi connectivity index (χ4n) is 4.58. The lowest BCUT2D eigenvalue weighted by Gasteiger charge is -2.26. The fraction of sp³-hybridized carbons (Fsp3) is 0.308. The van der Waals surface area contributed by atoms with E-state index in [1.165, 1.54) is 35.0 Å². The Morgan fingerprint density at radius 2 is 1.83 bits per heavy atom. The van der Waals surface area contributed by atoms with E-state index in [4.69, 9.17) is 11.6 Å². The molecule has 2 aromatic heterocycles. The maximum atomic E-state index is 15.1. The van der Waals surface area contributed by atoms with Crippen molar-refractivity contribution < 1.29 is 21.6 Å². The number of piperidine rings is 1. The second-order valence-corrected chi connectivity index (χ2v) is 11.9. The van der Waals surface area contributed by atoms with Gasteiger partial charge in [0.25, 0.3) is 15.6 Å². The molecule has 1 fully saturated rings. The Hall–Kier alpha value is -3.75. The van der Waals surface area contributed by atoms with E-state index >= 15 is 8.78 Å². The Labute approximate surface area is 238 Å². The maximum absolute atomic E-state index is 15.1. The van der Waals surface area contributed by atoms with Crippen LogP contribution in [0.3, 0.4) is 0 Å². The van der Waals surface area contributed by atoms with Crippen LogP contribution in [0.5, 0.6) is 0 Å². The number of benzene rings is 2. The minimum Gasteiger partial charge on any atom is -0.350 e. The normalized spacial score (nSPS) is 17.6. The van der Waals surface area contributed by atoms with Crippen molar-refractivity contribution in [2.24, 2.45) is 0 Å². The summed E-state index contributed by atoms with van der Waals surface area (Å²) in [4.78, 5) is 26.1. The summed E-state index contributed by atoms with van der Waals surface area (Å²) < 4.78 is 72.8. The molecule has 5 rings (SSSR count). The van der Waals surface area contributed by atoms with Crippen LogP contribution >= 0.6 is 11.6 Å². The summed E-state index contributed by atoms with van der Waals surface area (Å²) in [6, 6.07) is 6.37. The van der Waals surface area contributed by atoms with Gasteiger partial charge >= 0.3 is 0 Å². The van der Waals surface area contributed by atoms with E-state index in [1.54, 1.807) is 13.8 Å². The second-order valence-electron chi connectivity index (χ2n) is 9.82. The Kier molecular flexibility index (Phi) is 7.90. The SMILES string of the molecule is CC(C)n1c(=O)c(-c2cc(F)c(NS(=O)(=O)c3ccccc3Cl)c(F)c2)nc2cnc(N[C@@H]3CNC[C@@H](F)C3)nc21. The molecule has 2 aromatic carbocycles. The van der Waals surface area contributed by atoms with E-state index in [1.807, 2.05) is 4.72 Å². The molecule has 4 aromatic rings. The van der Waals surface area contributed by atoms with Gasteiger partial charge < -0.3 is 10.6 Å². The largest absolute Gasteiger partial charge is 0.350 e. The quantitative estimate of drug-likeness (QED) is 0.284. The summed E-state index contributed by atoms with van der Waals surface area (Å²) >= 11 is 5.95. The zero-order valence-electron chi connectivity index (χ0n) is 21.8. The molecule has 10 nitrogen and oxygen atoms in total. The molecule has 0 spiro atoms. The fourth-order valence-corrected chi connectivity index (χ4v) is 6.18. The zero-order chi connectivity index (χ0) is 29.5. The third-order valence-corrected chi connectivity index (χ3v) is 8.31. The number of nitrogens with one attached hydrogen (secondary N) is 3. The van der Waals surface area contributed by atoms with E-state index in [-0.39, 0.29) is 57.3 Å². The monoisotopic (exact) mass is 607 g/mol. The molecule has 216 valence electrons. The van der Waals surface area contributed by atoms with Crippen molar-refractivity contribution in [2.45, 2.75) is 43.4 Å². The molecule has 1 aliphatic heterocycles. The first kappa shape index (κ1) is 28.8. The van der Waals surface area contributed by atoms with E-state index in [0.717, 1.165) is 12.1 Å². The minimum absolute atomic E-state index is 0.130. The van der Waals surface area contributed by atoms with Crippen LogP contribution in [-0.4, -0.2) is 53.2 Å². The number of nitrogens with zero attached hydrogens (tertiary/aromatic N) is 4. The average Bonchev–Trinajstić information content (AvgIpc) is 2.90. The van der Waals surface area contributed by atoms with Crippen molar-refractivity contribution in [3.05, 3.63) is 69.6 Å². The molecule has 2 atom stereocenters. The highest BCUT2D eigenvalue weighted by atomic mass is 35.5.